The van der Waals surface area contributed by atoms with Gasteiger partial charge in [0.1, 0.15) is 16.5 Å². The van der Waals surface area contributed by atoms with E-state index in [1.165, 1.54) is 6.92 Å². The smallest absolute Gasteiger partial charge is 0.243 e. The van der Waals surface area contributed by atoms with Crippen molar-refractivity contribution in [2.45, 2.75) is 31.2 Å². The molecule has 0 aliphatic heterocycles. The van der Waals surface area contributed by atoms with Gasteiger partial charge in [-0.05, 0) is 31.9 Å². The molecule has 0 radical (unpaired) electrons. The summed E-state index contributed by atoms with van der Waals surface area (Å²) in [6.07, 6.45) is 0.432. The molecule has 1 atom stereocenters. The lowest BCUT2D eigenvalue weighted by atomic mass is 10.2. The maximum atomic E-state index is 13.4. The SMILES string of the molecule is Cc1cc(S(=O)(=O)NCCC(C)N)c(F)cc1F. The number of sulfonamides is 1. The lowest BCUT2D eigenvalue weighted by Gasteiger charge is -2.10. The molecule has 7 heteroatoms. The van der Waals surface area contributed by atoms with Crippen LogP contribution in [0.1, 0.15) is 18.9 Å². The highest BCUT2D eigenvalue weighted by atomic mass is 32.2. The van der Waals surface area contributed by atoms with Gasteiger partial charge in [0, 0.05) is 18.7 Å². The molecule has 1 rings (SSSR count). The summed E-state index contributed by atoms with van der Waals surface area (Å²) >= 11 is 0. The number of hydrogen-bond acceptors (Lipinski definition) is 3. The van der Waals surface area contributed by atoms with Crippen LogP contribution in [0.15, 0.2) is 17.0 Å². The van der Waals surface area contributed by atoms with Crippen molar-refractivity contribution in [1.29, 1.82) is 0 Å². The average Bonchev–Trinajstić information content (AvgIpc) is 2.22. The lowest BCUT2D eigenvalue weighted by molar-refractivity contribution is 0.537. The highest BCUT2D eigenvalue weighted by molar-refractivity contribution is 7.89. The van der Waals surface area contributed by atoms with E-state index in [1.807, 2.05) is 0 Å². The van der Waals surface area contributed by atoms with E-state index in [1.54, 1.807) is 6.92 Å². The third-order valence-electron chi connectivity index (χ3n) is 2.39. The van der Waals surface area contributed by atoms with Crippen molar-refractivity contribution in [2.24, 2.45) is 5.73 Å². The Labute approximate surface area is 105 Å². The molecule has 0 amide bonds. The van der Waals surface area contributed by atoms with Crippen LogP contribution < -0.4 is 10.5 Å². The van der Waals surface area contributed by atoms with Gasteiger partial charge in [-0.15, -0.1) is 0 Å². The van der Waals surface area contributed by atoms with E-state index in [9.17, 15) is 17.2 Å². The number of nitrogens with two attached hydrogens (primary N) is 1. The maximum Gasteiger partial charge on any atom is 0.243 e. The van der Waals surface area contributed by atoms with Crippen LogP contribution >= 0.6 is 0 Å². The molecule has 0 bridgehead atoms. The zero-order valence-electron chi connectivity index (χ0n) is 10.2. The van der Waals surface area contributed by atoms with Crippen LogP contribution in [-0.4, -0.2) is 21.0 Å². The quantitative estimate of drug-likeness (QED) is 0.852. The summed E-state index contributed by atoms with van der Waals surface area (Å²) in [4.78, 5) is -0.550. The molecular formula is C11H16F2N2O2S. The van der Waals surface area contributed by atoms with Crippen LogP contribution in [0.3, 0.4) is 0 Å². The second-order valence-electron chi connectivity index (χ2n) is 4.20. The summed E-state index contributed by atoms with van der Waals surface area (Å²) in [6.45, 7) is 3.21. The minimum absolute atomic E-state index is 0.0731. The zero-order chi connectivity index (χ0) is 13.9. The molecule has 0 spiro atoms. The Bertz CT molecular complexity index is 530. The van der Waals surface area contributed by atoms with E-state index in [4.69, 9.17) is 5.73 Å². The van der Waals surface area contributed by atoms with Crippen molar-refractivity contribution in [2.75, 3.05) is 6.54 Å². The van der Waals surface area contributed by atoms with Crippen molar-refractivity contribution < 1.29 is 17.2 Å². The summed E-state index contributed by atoms with van der Waals surface area (Å²) in [5.74, 6) is -1.88. The Kier molecular flexibility index (Phi) is 4.78. The number of hydrogen-bond donors (Lipinski definition) is 2. The molecule has 1 aromatic rings. The molecular weight excluding hydrogens is 262 g/mol. The number of halogens is 2. The second-order valence-corrected chi connectivity index (χ2v) is 5.93. The first-order valence-electron chi connectivity index (χ1n) is 5.45. The minimum atomic E-state index is -3.97. The van der Waals surface area contributed by atoms with E-state index in [2.05, 4.69) is 4.72 Å². The van der Waals surface area contributed by atoms with Crippen LogP contribution in [0.4, 0.5) is 8.78 Å². The first-order chi connectivity index (χ1) is 8.24. The normalized spacial score (nSPS) is 13.6. The van der Waals surface area contributed by atoms with E-state index in [0.29, 0.717) is 12.5 Å². The van der Waals surface area contributed by atoms with Gasteiger partial charge in [-0.1, -0.05) is 0 Å². The lowest BCUT2D eigenvalue weighted by Crippen LogP contribution is -2.29. The summed E-state index contributed by atoms with van der Waals surface area (Å²) in [6, 6.07) is 1.38. The Morgan fingerprint density at radius 1 is 1.33 bits per heavy atom. The molecule has 102 valence electrons. The van der Waals surface area contributed by atoms with Gasteiger partial charge in [-0.2, -0.15) is 0 Å². The van der Waals surface area contributed by atoms with Crippen LogP contribution in [-0.2, 0) is 10.0 Å². The number of aryl methyl sites for hydroxylation is 1. The summed E-state index contributed by atoms with van der Waals surface area (Å²) in [7, 11) is -3.97. The summed E-state index contributed by atoms with van der Waals surface area (Å²) in [5.41, 5.74) is 5.55. The Morgan fingerprint density at radius 3 is 2.50 bits per heavy atom. The van der Waals surface area contributed by atoms with Crippen LogP contribution in [0.2, 0.25) is 0 Å². The predicted octanol–water partition coefficient (Wildman–Crippen LogP) is 1.29. The predicted molar refractivity (Wildman–Crippen MR) is 64.5 cm³/mol. The molecule has 0 aromatic heterocycles. The van der Waals surface area contributed by atoms with Gasteiger partial charge in [0.15, 0.2) is 0 Å². The highest BCUT2D eigenvalue weighted by Crippen LogP contribution is 2.18. The molecule has 0 saturated heterocycles. The van der Waals surface area contributed by atoms with Gasteiger partial charge in [0.05, 0.1) is 0 Å². The van der Waals surface area contributed by atoms with Gasteiger partial charge >= 0.3 is 0 Å². The third kappa shape index (κ3) is 3.72. The number of benzene rings is 1. The number of rotatable bonds is 5. The molecule has 0 fully saturated rings. The Hall–Kier alpha value is -1.05. The van der Waals surface area contributed by atoms with E-state index in [-0.39, 0.29) is 18.2 Å². The van der Waals surface area contributed by atoms with Gasteiger partial charge in [0.2, 0.25) is 10.0 Å². The zero-order valence-corrected chi connectivity index (χ0v) is 11.0. The van der Waals surface area contributed by atoms with Gasteiger partial charge in [-0.3, -0.25) is 0 Å². The van der Waals surface area contributed by atoms with Crippen molar-refractivity contribution in [3.05, 3.63) is 29.3 Å². The third-order valence-corrected chi connectivity index (χ3v) is 3.87. The minimum Gasteiger partial charge on any atom is -0.328 e. The monoisotopic (exact) mass is 278 g/mol. The van der Waals surface area contributed by atoms with Crippen LogP contribution in [0.5, 0.6) is 0 Å². The Morgan fingerprint density at radius 2 is 1.94 bits per heavy atom. The molecule has 1 aromatic carbocycles. The molecule has 0 saturated carbocycles. The Balaban J connectivity index is 2.95. The van der Waals surface area contributed by atoms with Crippen molar-refractivity contribution >= 4 is 10.0 Å². The highest BCUT2D eigenvalue weighted by Gasteiger charge is 2.20. The standard InChI is InChI=1S/C11H16F2N2O2S/c1-7-5-11(10(13)6-9(7)12)18(16,17)15-4-3-8(2)14/h5-6,8,15H,3-4,14H2,1-2H3. The fraction of sp³-hybridized carbons (Fsp3) is 0.455. The van der Waals surface area contributed by atoms with Gasteiger partial charge < -0.3 is 5.73 Å². The van der Waals surface area contributed by atoms with E-state index >= 15 is 0 Å². The molecule has 0 aliphatic carbocycles. The first-order valence-corrected chi connectivity index (χ1v) is 6.93. The van der Waals surface area contributed by atoms with Crippen LogP contribution in [0.25, 0.3) is 0 Å². The fourth-order valence-corrected chi connectivity index (χ4v) is 2.53. The number of nitrogens with one attached hydrogen (secondary N) is 1. The molecule has 1 unspecified atom stereocenters. The molecule has 18 heavy (non-hydrogen) atoms. The fourth-order valence-electron chi connectivity index (χ4n) is 1.34. The molecule has 3 N–H and O–H groups in total. The molecule has 4 nitrogen and oxygen atoms in total. The van der Waals surface area contributed by atoms with Gasteiger partial charge in [-0.25, -0.2) is 21.9 Å². The van der Waals surface area contributed by atoms with Crippen molar-refractivity contribution in [3.63, 3.8) is 0 Å². The van der Waals surface area contributed by atoms with Gasteiger partial charge in [0.25, 0.3) is 0 Å². The van der Waals surface area contributed by atoms with E-state index < -0.39 is 26.6 Å². The van der Waals surface area contributed by atoms with E-state index in [0.717, 1.165) is 6.07 Å². The first kappa shape index (κ1) is 15.0. The summed E-state index contributed by atoms with van der Waals surface area (Å²) < 4.78 is 52.3. The topological polar surface area (TPSA) is 72.2 Å². The molecule has 0 heterocycles. The van der Waals surface area contributed by atoms with Crippen molar-refractivity contribution in [3.8, 4) is 0 Å². The maximum absolute atomic E-state index is 13.4. The second kappa shape index (κ2) is 5.73. The van der Waals surface area contributed by atoms with Crippen molar-refractivity contribution in [1.82, 2.24) is 4.72 Å². The molecule has 0 aliphatic rings. The largest absolute Gasteiger partial charge is 0.328 e. The van der Waals surface area contributed by atoms with Crippen LogP contribution in [0, 0.1) is 18.6 Å². The average molecular weight is 278 g/mol. The summed E-state index contributed by atoms with van der Waals surface area (Å²) in [5, 5.41) is 0.